The molecule has 0 aliphatic rings. The lowest BCUT2D eigenvalue weighted by atomic mass is 9.86. The predicted octanol–water partition coefficient (Wildman–Crippen LogP) is 3.61. The van der Waals surface area contributed by atoms with Crippen molar-refractivity contribution in [2.75, 3.05) is 0 Å². The van der Waals surface area contributed by atoms with Gasteiger partial charge in [-0.05, 0) is 33.7 Å². The summed E-state index contributed by atoms with van der Waals surface area (Å²) in [4.78, 5) is 0. The van der Waals surface area contributed by atoms with Crippen molar-refractivity contribution >= 4 is 11.3 Å². The van der Waals surface area contributed by atoms with Crippen LogP contribution in [0.25, 0.3) is 0 Å². The van der Waals surface area contributed by atoms with Crippen LogP contribution in [0.4, 0.5) is 0 Å². The summed E-state index contributed by atoms with van der Waals surface area (Å²) in [7, 11) is 0. The summed E-state index contributed by atoms with van der Waals surface area (Å²) in [6.07, 6.45) is 1.16. The van der Waals surface area contributed by atoms with Gasteiger partial charge >= 0.3 is 0 Å². The lowest BCUT2D eigenvalue weighted by Crippen LogP contribution is -2.11. The van der Waals surface area contributed by atoms with E-state index < -0.39 is 0 Å². The highest BCUT2D eigenvalue weighted by atomic mass is 32.1. The first-order valence-electron chi connectivity index (χ1n) is 4.11. The van der Waals surface area contributed by atoms with Crippen molar-refractivity contribution in [3.8, 4) is 0 Å². The van der Waals surface area contributed by atoms with Crippen molar-refractivity contribution in [2.24, 2.45) is 0 Å². The zero-order chi connectivity index (χ0) is 8.48. The molecule has 11 heavy (non-hydrogen) atoms. The average Bonchev–Trinajstić information content (AvgIpc) is 2.31. The van der Waals surface area contributed by atoms with Crippen LogP contribution >= 0.6 is 11.3 Å². The molecule has 1 heteroatoms. The highest BCUT2D eigenvalue weighted by Crippen LogP contribution is 2.28. The summed E-state index contributed by atoms with van der Waals surface area (Å²) >= 11 is 1.82. The summed E-state index contributed by atoms with van der Waals surface area (Å²) < 4.78 is 0. The topological polar surface area (TPSA) is 0 Å². The van der Waals surface area contributed by atoms with Gasteiger partial charge in [-0.1, -0.05) is 27.7 Å². The number of hydrogen-bond donors (Lipinski definition) is 0. The molecule has 1 aromatic heterocycles. The number of hydrogen-bond acceptors (Lipinski definition) is 1. The third kappa shape index (κ3) is 1.84. The van der Waals surface area contributed by atoms with E-state index in [-0.39, 0.29) is 0 Å². The van der Waals surface area contributed by atoms with Gasteiger partial charge in [0.05, 0.1) is 0 Å². The van der Waals surface area contributed by atoms with Crippen LogP contribution in [0.1, 0.15) is 38.8 Å². The second kappa shape index (κ2) is 2.98. The Kier molecular flexibility index (Phi) is 2.38. The Hall–Kier alpha value is -0.300. The summed E-state index contributed by atoms with van der Waals surface area (Å²) in [6, 6.07) is 0. The monoisotopic (exact) mass is 168 g/mol. The third-order valence-corrected chi connectivity index (χ3v) is 2.72. The lowest BCUT2D eigenvalue weighted by molar-refractivity contribution is 0.586. The highest BCUT2D eigenvalue weighted by Gasteiger charge is 2.17. The molecular formula is C10H16S. The van der Waals surface area contributed by atoms with E-state index in [2.05, 4.69) is 38.5 Å². The van der Waals surface area contributed by atoms with Crippen LogP contribution in [0.3, 0.4) is 0 Å². The van der Waals surface area contributed by atoms with Gasteiger partial charge in [-0.15, -0.1) is 0 Å². The first-order valence-corrected chi connectivity index (χ1v) is 5.05. The van der Waals surface area contributed by atoms with Crippen LogP contribution in [0.2, 0.25) is 0 Å². The van der Waals surface area contributed by atoms with Crippen molar-refractivity contribution in [1.82, 2.24) is 0 Å². The van der Waals surface area contributed by atoms with Crippen LogP contribution in [0.5, 0.6) is 0 Å². The standard InChI is InChI=1S/C10H16S/c1-5-8-6-11-7-9(8)10(2,3)4/h6-7H,5H2,1-4H3. The Morgan fingerprint density at radius 2 is 1.91 bits per heavy atom. The minimum absolute atomic E-state index is 0.325. The van der Waals surface area contributed by atoms with Gasteiger partial charge in [0.2, 0.25) is 0 Å². The van der Waals surface area contributed by atoms with E-state index in [9.17, 15) is 0 Å². The van der Waals surface area contributed by atoms with E-state index in [1.807, 2.05) is 11.3 Å². The van der Waals surface area contributed by atoms with Crippen LogP contribution < -0.4 is 0 Å². The summed E-state index contributed by atoms with van der Waals surface area (Å²) in [6.45, 7) is 9.04. The highest BCUT2D eigenvalue weighted by molar-refractivity contribution is 7.08. The van der Waals surface area contributed by atoms with E-state index in [0.717, 1.165) is 6.42 Å². The molecule has 0 radical (unpaired) electrons. The molecule has 62 valence electrons. The van der Waals surface area contributed by atoms with Gasteiger partial charge in [0, 0.05) is 0 Å². The third-order valence-electron chi connectivity index (χ3n) is 1.93. The largest absolute Gasteiger partial charge is 0.152 e. The fraction of sp³-hybridized carbons (Fsp3) is 0.600. The molecule has 1 rings (SSSR count). The maximum atomic E-state index is 2.28. The molecule has 0 aliphatic carbocycles. The maximum absolute atomic E-state index is 2.28. The fourth-order valence-electron chi connectivity index (χ4n) is 1.26. The lowest BCUT2D eigenvalue weighted by Gasteiger charge is -2.18. The molecule has 0 aromatic carbocycles. The van der Waals surface area contributed by atoms with Gasteiger partial charge < -0.3 is 0 Å². The number of aryl methyl sites for hydroxylation is 1. The molecule has 0 spiro atoms. The minimum atomic E-state index is 0.325. The molecule has 0 bridgehead atoms. The molecule has 0 atom stereocenters. The smallest absolute Gasteiger partial charge is 0.00531 e. The van der Waals surface area contributed by atoms with Gasteiger partial charge in [-0.3, -0.25) is 0 Å². The molecule has 0 fully saturated rings. The van der Waals surface area contributed by atoms with Gasteiger partial charge in [-0.2, -0.15) is 11.3 Å². The van der Waals surface area contributed by atoms with E-state index in [1.165, 1.54) is 11.1 Å². The molecule has 0 saturated heterocycles. The molecule has 0 nitrogen and oxygen atoms in total. The average molecular weight is 168 g/mol. The molecule has 0 amide bonds. The molecule has 0 N–H and O–H groups in total. The number of rotatable bonds is 1. The summed E-state index contributed by atoms with van der Waals surface area (Å²) in [5.41, 5.74) is 3.36. The van der Waals surface area contributed by atoms with E-state index in [0.29, 0.717) is 5.41 Å². The molecule has 1 aromatic rings. The summed E-state index contributed by atoms with van der Waals surface area (Å²) in [5.74, 6) is 0. The molecule has 0 unspecified atom stereocenters. The van der Waals surface area contributed by atoms with Crippen LogP contribution in [0.15, 0.2) is 10.8 Å². The van der Waals surface area contributed by atoms with E-state index >= 15 is 0 Å². The Bertz CT molecular complexity index is 227. The van der Waals surface area contributed by atoms with Crippen molar-refractivity contribution in [3.05, 3.63) is 21.9 Å². The van der Waals surface area contributed by atoms with Gasteiger partial charge in [0.25, 0.3) is 0 Å². The van der Waals surface area contributed by atoms with Crippen molar-refractivity contribution in [1.29, 1.82) is 0 Å². The van der Waals surface area contributed by atoms with Gasteiger partial charge in [0.15, 0.2) is 0 Å². The fourth-order valence-corrected chi connectivity index (χ4v) is 2.42. The summed E-state index contributed by atoms with van der Waals surface area (Å²) in [5, 5.41) is 4.54. The van der Waals surface area contributed by atoms with E-state index in [1.54, 1.807) is 0 Å². The molecule has 0 saturated carbocycles. The normalized spacial score (nSPS) is 12.0. The van der Waals surface area contributed by atoms with Gasteiger partial charge in [-0.25, -0.2) is 0 Å². The Labute approximate surface area is 73.3 Å². The van der Waals surface area contributed by atoms with Crippen molar-refractivity contribution < 1.29 is 0 Å². The quantitative estimate of drug-likeness (QED) is 0.601. The van der Waals surface area contributed by atoms with Crippen molar-refractivity contribution in [3.63, 3.8) is 0 Å². The first-order chi connectivity index (χ1) is 5.05. The molecular weight excluding hydrogens is 152 g/mol. The SMILES string of the molecule is CCc1cscc1C(C)(C)C. The van der Waals surface area contributed by atoms with Crippen LogP contribution in [-0.4, -0.2) is 0 Å². The second-order valence-electron chi connectivity index (χ2n) is 3.91. The Morgan fingerprint density at radius 1 is 1.27 bits per heavy atom. The Morgan fingerprint density at radius 3 is 2.27 bits per heavy atom. The zero-order valence-corrected chi connectivity index (χ0v) is 8.59. The first kappa shape index (κ1) is 8.79. The Balaban J connectivity index is 3.02. The molecule has 1 heterocycles. The van der Waals surface area contributed by atoms with E-state index in [4.69, 9.17) is 0 Å². The second-order valence-corrected chi connectivity index (χ2v) is 4.66. The number of thiophene rings is 1. The molecule has 0 aliphatic heterocycles. The van der Waals surface area contributed by atoms with Gasteiger partial charge in [0.1, 0.15) is 0 Å². The zero-order valence-electron chi connectivity index (χ0n) is 7.77. The predicted molar refractivity (Wildman–Crippen MR) is 52.4 cm³/mol. The maximum Gasteiger partial charge on any atom is -0.00531 e. The van der Waals surface area contributed by atoms with Crippen LogP contribution in [0, 0.1) is 0 Å². The van der Waals surface area contributed by atoms with Crippen molar-refractivity contribution in [2.45, 2.75) is 39.5 Å². The minimum Gasteiger partial charge on any atom is -0.152 e. The van der Waals surface area contributed by atoms with Crippen LogP contribution in [-0.2, 0) is 11.8 Å².